The lowest BCUT2D eigenvalue weighted by Crippen LogP contribution is -1.87. The standard InChI is InChI=1S/C7H5NO3.C3H6/c9-5-6-1-3-7(4-2-6)8(10)11;1-3-2/h1-5H;3H,1H2,2H3. The van der Waals surface area contributed by atoms with E-state index in [0.29, 0.717) is 11.8 Å². The van der Waals surface area contributed by atoms with Crippen molar-refractivity contribution < 1.29 is 9.72 Å². The summed E-state index contributed by atoms with van der Waals surface area (Å²) in [6, 6.07) is 5.41. The minimum absolute atomic E-state index is 0.00407. The van der Waals surface area contributed by atoms with Crippen molar-refractivity contribution in [3.05, 3.63) is 52.6 Å². The van der Waals surface area contributed by atoms with Crippen LogP contribution < -0.4 is 0 Å². The van der Waals surface area contributed by atoms with Crippen LogP contribution in [0.3, 0.4) is 0 Å². The van der Waals surface area contributed by atoms with E-state index in [0.717, 1.165) is 0 Å². The fraction of sp³-hybridized carbons (Fsp3) is 0.100. The normalized spacial score (nSPS) is 8.07. The van der Waals surface area contributed by atoms with Crippen LogP contribution in [0.5, 0.6) is 0 Å². The van der Waals surface area contributed by atoms with E-state index >= 15 is 0 Å². The Kier molecular flexibility index (Phi) is 5.62. The third-order valence-corrected chi connectivity index (χ3v) is 1.24. The Morgan fingerprint density at radius 2 is 1.79 bits per heavy atom. The van der Waals surface area contributed by atoms with E-state index in [-0.39, 0.29) is 5.69 Å². The number of carbonyl (C=O) groups is 1. The first kappa shape index (κ1) is 12.0. The molecule has 14 heavy (non-hydrogen) atoms. The largest absolute Gasteiger partial charge is 0.298 e. The Morgan fingerprint density at radius 3 is 2.07 bits per heavy atom. The van der Waals surface area contributed by atoms with E-state index < -0.39 is 4.92 Å². The summed E-state index contributed by atoms with van der Waals surface area (Å²) in [5.41, 5.74) is 0.436. The molecule has 0 fully saturated rings. The molecule has 0 N–H and O–H groups in total. The smallest absolute Gasteiger partial charge is 0.269 e. The van der Waals surface area contributed by atoms with Gasteiger partial charge in [0.05, 0.1) is 4.92 Å². The summed E-state index contributed by atoms with van der Waals surface area (Å²) >= 11 is 0. The van der Waals surface area contributed by atoms with E-state index in [4.69, 9.17) is 0 Å². The van der Waals surface area contributed by atoms with E-state index in [1.54, 1.807) is 6.08 Å². The Hall–Kier alpha value is -1.97. The molecule has 0 radical (unpaired) electrons. The van der Waals surface area contributed by atoms with Crippen molar-refractivity contribution in [3.8, 4) is 0 Å². The van der Waals surface area contributed by atoms with Gasteiger partial charge in [0.15, 0.2) is 0 Å². The summed E-state index contributed by atoms with van der Waals surface area (Å²) in [5.74, 6) is 0. The predicted octanol–water partition coefficient (Wildman–Crippen LogP) is 2.60. The number of nitro benzene ring substituents is 1. The first-order valence-electron chi connectivity index (χ1n) is 3.92. The minimum Gasteiger partial charge on any atom is -0.298 e. The van der Waals surface area contributed by atoms with Crippen LogP contribution in [0, 0.1) is 10.1 Å². The molecule has 0 spiro atoms. The summed E-state index contributed by atoms with van der Waals surface area (Å²) < 4.78 is 0. The molecule has 0 saturated heterocycles. The molecular formula is C10H11NO3. The second kappa shape index (κ2) is 6.54. The predicted molar refractivity (Wildman–Crippen MR) is 54.4 cm³/mol. The van der Waals surface area contributed by atoms with Crippen LogP contribution in [-0.4, -0.2) is 11.2 Å². The van der Waals surface area contributed by atoms with Crippen LogP contribution >= 0.6 is 0 Å². The fourth-order valence-electron chi connectivity index (χ4n) is 0.675. The van der Waals surface area contributed by atoms with Gasteiger partial charge in [-0.25, -0.2) is 0 Å². The van der Waals surface area contributed by atoms with Gasteiger partial charge in [-0.05, 0) is 19.1 Å². The first-order chi connectivity index (χ1) is 6.65. The third-order valence-electron chi connectivity index (χ3n) is 1.24. The van der Waals surface area contributed by atoms with Crippen LogP contribution in [0.15, 0.2) is 36.9 Å². The maximum absolute atomic E-state index is 10.1. The molecule has 1 aromatic carbocycles. The van der Waals surface area contributed by atoms with Crippen molar-refractivity contribution >= 4 is 12.0 Å². The highest BCUT2D eigenvalue weighted by Crippen LogP contribution is 2.09. The second-order valence-corrected chi connectivity index (χ2v) is 2.37. The molecule has 0 aliphatic carbocycles. The summed E-state index contributed by atoms with van der Waals surface area (Å²) in [4.78, 5) is 19.7. The number of aldehydes is 1. The van der Waals surface area contributed by atoms with Gasteiger partial charge in [0, 0.05) is 17.7 Å². The number of benzene rings is 1. The molecule has 0 heterocycles. The second-order valence-electron chi connectivity index (χ2n) is 2.37. The van der Waals surface area contributed by atoms with E-state index in [9.17, 15) is 14.9 Å². The molecule has 4 nitrogen and oxygen atoms in total. The summed E-state index contributed by atoms with van der Waals surface area (Å²) in [5, 5.41) is 10.1. The molecule has 0 amide bonds. The summed E-state index contributed by atoms with van der Waals surface area (Å²) in [6.45, 7) is 5.25. The summed E-state index contributed by atoms with van der Waals surface area (Å²) in [6.07, 6.45) is 2.39. The van der Waals surface area contributed by atoms with Crippen LogP contribution in [0.1, 0.15) is 17.3 Å². The SMILES string of the molecule is C=CC.O=Cc1ccc([N+](=O)[O-])cc1. The van der Waals surface area contributed by atoms with Crippen LogP contribution in [-0.2, 0) is 0 Å². The Bertz CT molecular complexity index is 317. The monoisotopic (exact) mass is 193 g/mol. The van der Waals surface area contributed by atoms with Gasteiger partial charge in [-0.15, -0.1) is 6.58 Å². The number of hydrogen-bond donors (Lipinski definition) is 0. The number of carbonyl (C=O) groups excluding carboxylic acids is 1. The molecule has 0 saturated carbocycles. The number of non-ortho nitro benzene ring substituents is 1. The van der Waals surface area contributed by atoms with E-state index in [2.05, 4.69) is 6.58 Å². The Morgan fingerprint density at radius 1 is 1.36 bits per heavy atom. The molecule has 4 heteroatoms. The van der Waals surface area contributed by atoms with Crippen LogP contribution in [0.25, 0.3) is 0 Å². The minimum atomic E-state index is -0.505. The lowest BCUT2D eigenvalue weighted by atomic mass is 10.2. The Labute approximate surface area is 82.0 Å². The summed E-state index contributed by atoms with van der Waals surface area (Å²) in [7, 11) is 0. The Balaban J connectivity index is 0.000000500. The number of rotatable bonds is 2. The van der Waals surface area contributed by atoms with Crippen LogP contribution in [0.4, 0.5) is 5.69 Å². The van der Waals surface area contributed by atoms with Gasteiger partial charge in [-0.2, -0.15) is 0 Å². The maximum atomic E-state index is 10.1. The molecule has 0 aliphatic rings. The van der Waals surface area contributed by atoms with Gasteiger partial charge in [0.2, 0.25) is 0 Å². The van der Waals surface area contributed by atoms with E-state index in [1.165, 1.54) is 24.3 Å². The molecule has 0 bridgehead atoms. The number of allylic oxidation sites excluding steroid dienone is 1. The average Bonchev–Trinajstić information content (AvgIpc) is 2.19. The number of nitro groups is 1. The number of hydrogen-bond acceptors (Lipinski definition) is 3. The van der Waals surface area contributed by atoms with Crippen molar-refractivity contribution in [1.29, 1.82) is 0 Å². The quantitative estimate of drug-likeness (QED) is 0.314. The first-order valence-corrected chi connectivity index (χ1v) is 3.92. The maximum Gasteiger partial charge on any atom is 0.269 e. The van der Waals surface area contributed by atoms with Crippen molar-refractivity contribution in [3.63, 3.8) is 0 Å². The van der Waals surface area contributed by atoms with Gasteiger partial charge in [-0.3, -0.25) is 14.9 Å². The van der Waals surface area contributed by atoms with E-state index in [1.807, 2.05) is 6.92 Å². The third kappa shape index (κ3) is 4.15. The molecule has 0 aliphatic heterocycles. The highest BCUT2D eigenvalue weighted by molar-refractivity contribution is 5.75. The zero-order valence-electron chi connectivity index (χ0n) is 7.84. The molecule has 74 valence electrons. The molecule has 1 aromatic rings. The van der Waals surface area contributed by atoms with Gasteiger partial charge in [0.1, 0.15) is 6.29 Å². The lowest BCUT2D eigenvalue weighted by Gasteiger charge is -1.89. The lowest BCUT2D eigenvalue weighted by molar-refractivity contribution is -0.384. The topological polar surface area (TPSA) is 60.2 Å². The number of nitrogens with zero attached hydrogens (tertiary/aromatic N) is 1. The average molecular weight is 193 g/mol. The van der Waals surface area contributed by atoms with Gasteiger partial charge in [-0.1, -0.05) is 6.08 Å². The molecule has 0 atom stereocenters. The van der Waals surface area contributed by atoms with Gasteiger partial charge >= 0.3 is 0 Å². The molecule has 0 aromatic heterocycles. The van der Waals surface area contributed by atoms with Gasteiger partial charge in [0.25, 0.3) is 5.69 Å². The highest BCUT2D eigenvalue weighted by Gasteiger charge is 2.02. The van der Waals surface area contributed by atoms with Gasteiger partial charge < -0.3 is 0 Å². The molecular weight excluding hydrogens is 182 g/mol. The highest BCUT2D eigenvalue weighted by atomic mass is 16.6. The van der Waals surface area contributed by atoms with Crippen molar-refractivity contribution in [2.45, 2.75) is 6.92 Å². The van der Waals surface area contributed by atoms with Crippen molar-refractivity contribution in [2.75, 3.05) is 0 Å². The molecule has 1 rings (SSSR count). The fourth-order valence-corrected chi connectivity index (χ4v) is 0.675. The zero-order chi connectivity index (χ0) is 11.0. The zero-order valence-corrected chi connectivity index (χ0v) is 7.84. The van der Waals surface area contributed by atoms with Crippen molar-refractivity contribution in [2.24, 2.45) is 0 Å². The van der Waals surface area contributed by atoms with Crippen LogP contribution in [0.2, 0.25) is 0 Å². The molecule has 0 unspecified atom stereocenters. The van der Waals surface area contributed by atoms with Crippen molar-refractivity contribution in [1.82, 2.24) is 0 Å².